The van der Waals surface area contributed by atoms with E-state index in [0.717, 1.165) is 12.1 Å². The maximum atomic E-state index is 13.1. The van der Waals surface area contributed by atoms with E-state index in [1.807, 2.05) is 0 Å². The molecule has 0 amide bonds. The van der Waals surface area contributed by atoms with Gasteiger partial charge >= 0.3 is 6.18 Å². The number of nitrogens with two attached hydrogens (primary N) is 1. The Hall–Kier alpha value is -3.34. The maximum absolute atomic E-state index is 13.1. The van der Waals surface area contributed by atoms with Gasteiger partial charge in [-0.25, -0.2) is 15.0 Å². The Balaban J connectivity index is 1.91. The maximum Gasteiger partial charge on any atom is 0.416 e. The van der Waals surface area contributed by atoms with Crippen LogP contribution in [0.25, 0.3) is 10.9 Å². The Labute approximate surface area is 182 Å². The lowest BCUT2D eigenvalue weighted by Gasteiger charge is -2.15. The number of nitrogens with one attached hydrogen (secondary N) is 1. The van der Waals surface area contributed by atoms with Crippen molar-refractivity contribution >= 4 is 22.5 Å². The smallest absolute Gasteiger partial charge is 0.416 e. The molecule has 172 valence electrons. The number of halogens is 3. The van der Waals surface area contributed by atoms with Crippen LogP contribution in [0.1, 0.15) is 23.5 Å². The monoisotopic (exact) mass is 451 g/mol. The van der Waals surface area contributed by atoms with Crippen LogP contribution in [0.5, 0.6) is 11.5 Å². The fourth-order valence-electron chi connectivity index (χ4n) is 3.08. The largest absolute Gasteiger partial charge is 0.493 e. The minimum absolute atomic E-state index is 0.0181. The number of ether oxygens (including phenoxy) is 3. The lowest BCUT2D eigenvalue weighted by molar-refractivity contribution is -0.137. The van der Waals surface area contributed by atoms with Gasteiger partial charge in [-0.3, -0.25) is 0 Å². The van der Waals surface area contributed by atoms with Gasteiger partial charge in [-0.15, -0.1) is 0 Å². The first-order valence-electron chi connectivity index (χ1n) is 9.77. The van der Waals surface area contributed by atoms with Gasteiger partial charge in [0.25, 0.3) is 0 Å². The summed E-state index contributed by atoms with van der Waals surface area (Å²) in [6.45, 7) is 2.67. The van der Waals surface area contributed by atoms with Crippen LogP contribution in [0, 0.1) is 6.92 Å². The molecule has 2 aromatic heterocycles. The van der Waals surface area contributed by atoms with Crippen LogP contribution in [-0.4, -0.2) is 42.4 Å². The third kappa shape index (κ3) is 5.67. The van der Waals surface area contributed by atoms with Crippen molar-refractivity contribution in [2.75, 3.05) is 38.5 Å². The number of hydrogen-bond donors (Lipinski definition) is 2. The molecule has 0 radical (unpaired) electrons. The van der Waals surface area contributed by atoms with Crippen LogP contribution in [0.4, 0.5) is 24.8 Å². The molecule has 1 aromatic carbocycles. The van der Waals surface area contributed by atoms with Gasteiger partial charge in [0.15, 0.2) is 11.5 Å². The Bertz CT molecular complexity index is 1090. The fraction of sp³-hybridized carbons (Fsp3) is 0.381. The molecule has 0 unspecified atom stereocenters. The third-order valence-electron chi connectivity index (χ3n) is 4.51. The summed E-state index contributed by atoms with van der Waals surface area (Å²) in [7, 11) is 3.14. The summed E-state index contributed by atoms with van der Waals surface area (Å²) in [6.07, 6.45) is -3.83. The van der Waals surface area contributed by atoms with Gasteiger partial charge in [0.2, 0.25) is 0 Å². The van der Waals surface area contributed by atoms with E-state index >= 15 is 0 Å². The molecular weight excluding hydrogens is 427 g/mol. The lowest BCUT2D eigenvalue weighted by atomic mass is 10.2. The zero-order chi connectivity index (χ0) is 23.3. The van der Waals surface area contributed by atoms with Crippen LogP contribution >= 0.6 is 0 Å². The molecule has 0 atom stereocenters. The second-order valence-electron chi connectivity index (χ2n) is 6.96. The number of methoxy groups -OCH3 is 2. The van der Waals surface area contributed by atoms with E-state index in [2.05, 4.69) is 20.3 Å². The van der Waals surface area contributed by atoms with Crippen LogP contribution in [0.2, 0.25) is 0 Å². The molecule has 0 spiro atoms. The number of pyridine rings is 1. The van der Waals surface area contributed by atoms with E-state index < -0.39 is 11.7 Å². The zero-order valence-electron chi connectivity index (χ0n) is 17.9. The molecule has 0 bridgehead atoms. The quantitative estimate of drug-likeness (QED) is 0.471. The Kier molecular flexibility index (Phi) is 7.18. The Morgan fingerprint density at radius 1 is 1.00 bits per heavy atom. The van der Waals surface area contributed by atoms with Gasteiger partial charge in [-0.1, -0.05) is 0 Å². The van der Waals surface area contributed by atoms with Crippen molar-refractivity contribution < 1.29 is 27.4 Å². The van der Waals surface area contributed by atoms with Crippen molar-refractivity contribution in [3.63, 3.8) is 0 Å². The minimum Gasteiger partial charge on any atom is -0.493 e. The molecule has 0 saturated heterocycles. The number of nitrogens with zero attached hydrogens (tertiary/aromatic N) is 3. The van der Waals surface area contributed by atoms with Crippen LogP contribution in [0.3, 0.4) is 0 Å². The number of aromatic nitrogens is 3. The SMILES string of the molecule is COCCCOc1cc2c(NCc3cc(C(F)(F)F)cc(N)n3)nc(C)nc2cc1OC. The highest BCUT2D eigenvalue weighted by Gasteiger charge is 2.31. The lowest BCUT2D eigenvalue weighted by Crippen LogP contribution is -2.11. The number of anilines is 2. The molecule has 3 N–H and O–H groups in total. The number of nitrogen functional groups attached to an aromatic ring is 1. The van der Waals surface area contributed by atoms with Gasteiger partial charge < -0.3 is 25.3 Å². The molecule has 2 heterocycles. The van der Waals surface area contributed by atoms with Crippen molar-refractivity contribution in [1.82, 2.24) is 15.0 Å². The number of benzene rings is 1. The van der Waals surface area contributed by atoms with Crippen LogP contribution in [-0.2, 0) is 17.5 Å². The molecular formula is C21H24F3N5O3. The fourth-order valence-corrected chi connectivity index (χ4v) is 3.08. The molecule has 0 aliphatic carbocycles. The van der Waals surface area contributed by atoms with Crippen molar-refractivity contribution in [2.24, 2.45) is 0 Å². The van der Waals surface area contributed by atoms with E-state index in [4.69, 9.17) is 19.9 Å². The van der Waals surface area contributed by atoms with Crippen LogP contribution < -0.4 is 20.5 Å². The molecule has 0 aliphatic rings. The number of hydrogen-bond acceptors (Lipinski definition) is 8. The first-order valence-corrected chi connectivity index (χ1v) is 9.77. The van der Waals surface area contributed by atoms with Crippen molar-refractivity contribution in [2.45, 2.75) is 26.1 Å². The topological polar surface area (TPSA) is 104 Å². The predicted octanol–water partition coefficient (Wildman–Crippen LogP) is 3.97. The molecule has 3 aromatic rings. The summed E-state index contributed by atoms with van der Waals surface area (Å²) in [4.78, 5) is 12.8. The second-order valence-corrected chi connectivity index (χ2v) is 6.96. The van der Waals surface area contributed by atoms with Crippen LogP contribution in [0.15, 0.2) is 24.3 Å². The number of fused-ring (bicyclic) bond motifs is 1. The summed E-state index contributed by atoms with van der Waals surface area (Å²) in [6, 6.07) is 5.21. The van der Waals surface area contributed by atoms with Gasteiger partial charge in [-0.2, -0.15) is 13.2 Å². The molecule has 32 heavy (non-hydrogen) atoms. The highest BCUT2D eigenvalue weighted by atomic mass is 19.4. The van der Waals surface area contributed by atoms with E-state index in [1.165, 1.54) is 7.11 Å². The second kappa shape index (κ2) is 9.86. The molecule has 0 saturated carbocycles. The van der Waals surface area contributed by atoms with Crippen molar-refractivity contribution in [3.8, 4) is 11.5 Å². The van der Waals surface area contributed by atoms with E-state index in [1.54, 1.807) is 26.2 Å². The third-order valence-corrected chi connectivity index (χ3v) is 4.51. The predicted molar refractivity (Wildman–Crippen MR) is 114 cm³/mol. The average Bonchev–Trinajstić information content (AvgIpc) is 2.73. The van der Waals surface area contributed by atoms with Gasteiger partial charge in [-0.05, 0) is 25.1 Å². The summed E-state index contributed by atoms with van der Waals surface area (Å²) in [5.74, 6) is 1.69. The van der Waals surface area contributed by atoms with Gasteiger partial charge in [0, 0.05) is 31.6 Å². The molecule has 11 heteroatoms. The van der Waals surface area contributed by atoms with E-state index in [-0.39, 0.29) is 18.1 Å². The Morgan fingerprint density at radius 2 is 1.78 bits per heavy atom. The molecule has 3 rings (SSSR count). The van der Waals surface area contributed by atoms with Gasteiger partial charge in [0.1, 0.15) is 17.5 Å². The number of rotatable bonds is 9. The highest BCUT2D eigenvalue weighted by Crippen LogP contribution is 2.35. The summed E-state index contributed by atoms with van der Waals surface area (Å²) in [5.41, 5.74) is 5.42. The normalized spacial score (nSPS) is 11.6. The first-order chi connectivity index (χ1) is 15.2. The minimum atomic E-state index is -4.52. The Morgan fingerprint density at radius 3 is 2.47 bits per heavy atom. The summed E-state index contributed by atoms with van der Waals surface area (Å²) >= 11 is 0. The molecule has 0 aliphatic heterocycles. The average molecular weight is 451 g/mol. The van der Waals surface area contributed by atoms with Gasteiger partial charge in [0.05, 0.1) is 37.0 Å². The zero-order valence-corrected chi connectivity index (χ0v) is 17.9. The van der Waals surface area contributed by atoms with Crippen molar-refractivity contribution in [1.29, 1.82) is 0 Å². The molecule has 0 fully saturated rings. The number of aryl methyl sites for hydroxylation is 1. The number of alkyl halides is 3. The highest BCUT2D eigenvalue weighted by molar-refractivity contribution is 5.91. The van der Waals surface area contributed by atoms with E-state index in [0.29, 0.717) is 53.7 Å². The summed E-state index contributed by atoms with van der Waals surface area (Å²) in [5, 5.41) is 3.66. The van der Waals surface area contributed by atoms with E-state index in [9.17, 15) is 13.2 Å². The first kappa shape index (κ1) is 23.3. The standard InChI is InChI=1S/C21H24F3N5O3/c1-12-27-16-10-17(31-3)18(32-6-4-5-30-2)9-15(16)20(28-12)26-11-14-7-13(21(22,23)24)8-19(25)29-14/h7-10H,4-6,11H2,1-3H3,(H2,25,29)(H,26,27,28). The van der Waals surface area contributed by atoms with Crippen molar-refractivity contribution in [3.05, 3.63) is 41.3 Å². The summed E-state index contributed by atoms with van der Waals surface area (Å²) < 4.78 is 55.5. The molecule has 8 nitrogen and oxygen atoms in total.